The fourth-order valence-corrected chi connectivity index (χ4v) is 2.23. The second kappa shape index (κ2) is 4.55. The van der Waals surface area contributed by atoms with Gasteiger partial charge in [0.2, 0.25) is 0 Å². The molecule has 11 heavy (non-hydrogen) atoms. The van der Waals surface area contributed by atoms with E-state index in [1.54, 1.807) is 0 Å². The summed E-state index contributed by atoms with van der Waals surface area (Å²) in [7, 11) is 0. The number of hydrogen-bond donors (Lipinski definition) is 1. The van der Waals surface area contributed by atoms with Crippen LogP contribution in [0.5, 0.6) is 0 Å². The first kappa shape index (κ1) is 8.79. The van der Waals surface area contributed by atoms with Gasteiger partial charge >= 0.3 is 0 Å². The van der Waals surface area contributed by atoms with Gasteiger partial charge in [0.15, 0.2) is 0 Å². The minimum atomic E-state index is 0.859. The molecule has 1 aliphatic carbocycles. The van der Waals surface area contributed by atoms with Crippen LogP contribution in [0.2, 0.25) is 0 Å². The lowest BCUT2D eigenvalue weighted by Crippen LogP contribution is -2.12. The molecule has 0 heterocycles. The lowest BCUT2D eigenvalue weighted by Gasteiger charge is -2.16. The van der Waals surface area contributed by atoms with E-state index in [0.29, 0.717) is 0 Å². The molecule has 64 valence electrons. The van der Waals surface area contributed by atoms with E-state index in [9.17, 15) is 0 Å². The van der Waals surface area contributed by atoms with E-state index in [1.165, 1.54) is 32.1 Å². The summed E-state index contributed by atoms with van der Waals surface area (Å²) in [5.74, 6) is 1.80. The molecule has 1 aliphatic rings. The van der Waals surface area contributed by atoms with Crippen molar-refractivity contribution in [1.29, 1.82) is 0 Å². The van der Waals surface area contributed by atoms with Gasteiger partial charge in [0, 0.05) is 0 Å². The van der Waals surface area contributed by atoms with Gasteiger partial charge in [-0.25, -0.2) is 0 Å². The molecule has 1 heteroatoms. The Kier molecular flexibility index (Phi) is 3.64. The highest BCUT2D eigenvalue weighted by atomic mass is 14.5. The molecule has 0 spiro atoms. The zero-order valence-electron chi connectivity index (χ0n) is 7.26. The largest absolute Gasteiger partial charge is 0.330 e. The van der Waals surface area contributed by atoms with Crippen molar-refractivity contribution in [2.45, 2.75) is 32.1 Å². The zero-order chi connectivity index (χ0) is 8.10. The maximum absolute atomic E-state index is 5.54. The van der Waals surface area contributed by atoms with Crippen molar-refractivity contribution in [1.82, 2.24) is 0 Å². The van der Waals surface area contributed by atoms with Crippen LogP contribution in [0.25, 0.3) is 0 Å². The van der Waals surface area contributed by atoms with Gasteiger partial charge in [-0.3, -0.25) is 0 Å². The quantitative estimate of drug-likeness (QED) is 0.616. The highest BCUT2D eigenvalue weighted by molar-refractivity contribution is 4.83. The molecule has 0 aliphatic heterocycles. The lowest BCUT2D eigenvalue weighted by molar-refractivity contribution is 0.372. The van der Waals surface area contributed by atoms with E-state index in [-0.39, 0.29) is 0 Å². The van der Waals surface area contributed by atoms with Gasteiger partial charge in [-0.05, 0) is 37.6 Å². The Morgan fingerprint density at radius 2 is 2.09 bits per heavy atom. The van der Waals surface area contributed by atoms with Crippen LogP contribution in [-0.2, 0) is 0 Å². The predicted molar refractivity (Wildman–Crippen MR) is 49.3 cm³/mol. The maximum atomic E-state index is 5.54. The van der Waals surface area contributed by atoms with Gasteiger partial charge in [-0.2, -0.15) is 0 Å². The standard InChI is InChI=1S/C10H19N/c1-2-4-9-5-3-6-10(9)7-8-11/h2,9-10H,1,3-8,11H2. The summed E-state index contributed by atoms with van der Waals surface area (Å²) in [6.45, 7) is 4.65. The Morgan fingerprint density at radius 1 is 1.36 bits per heavy atom. The average Bonchev–Trinajstić information content (AvgIpc) is 2.39. The van der Waals surface area contributed by atoms with Crippen molar-refractivity contribution in [3.8, 4) is 0 Å². The highest BCUT2D eigenvalue weighted by Gasteiger charge is 2.24. The van der Waals surface area contributed by atoms with Crippen LogP contribution >= 0.6 is 0 Å². The molecule has 0 radical (unpaired) electrons. The topological polar surface area (TPSA) is 26.0 Å². The van der Waals surface area contributed by atoms with E-state index in [4.69, 9.17) is 5.73 Å². The molecule has 0 saturated heterocycles. The maximum Gasteiger partial charge on any atom is -0.00745 e. The third-order valence-corrected chi connectivity index (χ3v) is 2.82. The summed E-state index contributed by atoms with van der Waals surface area (Å²) in [6, 6.07) is 0. The van der Waals surface area contributed by atoms with Crippen LogP contribution in [0.1, 0.15) is 32.1 Å². The summed E-state index contributed by atoms with van der Waals surface area (Å²) >= 11 is 0. The van der Waals surface area contributed by atoms with Crippen molar-refractivity contribution in [2.75, 3.05) is 6.54 Å². The third kappa shape index (κ3) is 2.33. The Labute approximate surface area is 69.7 Å². The summed E-state index contributed by atoms with van der Waals surface area (Å²) in [5.41, 5.74) is 5.54. The van der Waals surface area contributed by atoms with Crippen LogP contribution in [0.3, 0.4) is 0 Å². The van der Waals surface area contributed by atoms with Crippen LogP contribution in [-0.4, -0.2) is 6.54 Å². The SMILES string of the molecule is C=CCC1CCCC1CCN. The van der Waals surface area contributed by atoms with E-state index in [2.05, 4.69) is 12.7 Å². The molecular formula is C10H19N. The van der Waals surface area contributed by atoms with Gasteiger partial charge < -0.3 is 5.73 Å². The van der Waals surface area contributed by atoms with Crippen LogP contribution in [0.15, 0.2) is 12.7 Å². The second-order valence-electron chi connectivity index (χ2n) is 3.55. The van der Waals surface area contributed by atoms with Crippen molar-refractivity contribution in [3.63, 3.8) is 0 Å². The fourth-order valence-electron chi connectivity index (χ4n) is 2.23. The van der Waals surface area contributed by atoms with Crippen LogP contribution < -0.4 is 5.73 Å². The van der Waals surface area contributed by atoms with Crippen LogP contribution in [0.4, 0.5) is 0 Å². The summed E-state index contributed by atoms with van der Waals surface area (Å²) in [6.07, 6.45) is 8.68. The monoisotopic (exact) mass is 153 g/mol. The number of nitrogens with two attached hydrogens (primary N) is 1. The molecule has 1 saturated carbocycles. The zero-order valence-corrected chi connectivity index (χ0v) is 7.26. The molecule has 1 fully saturated rings. The first-order valence-corrected chi connectivity index (χ1v) is 4.69. The predicted octanol–water partition coefficient (Wildman–Crippen LogP) is 2.33. The first-order valence-electron chi connectivity index (χ1n) is 4.69. The molecular weight excluding hydrogens is 134 g/mol. The smallest absolute Gasteiger partial charge is 0.00745 e. The van der Waals surface area contributed by atoms with E-state index in [1.807, 2.05) is 0 Å². The number of rotatable bonds is 4. The van der Waals surface area contributed by atoms with Crippen molar-refractivity contribution >= 4 is 0 Å². The summed E-state index contributed by atoms with van der Waals surface area (Å²) in [5, 5.41) is 0. The van der Waals surface area contributed by atoms with Crippen molar-refractivity contribution < 1.29 is 0 Å². The number of hydrogen-bond acceptors (Lipinski definition) is 1. The first-order chi connectivity index (χ1) is 5.38. The molecule has 0 aromatic rings. The van der Waals surface area contributed by atoms with Gasteiger partial charge in [0.05, 0.1) is 0 Å². The Balaban J connectivity index is 2.31. The van der Waals surface area contributed by atoms with Gasteiger partial charge in [0.25, 0.3) is 0 Å². The lowest BCUT2D eigenvalue weighted by atomic mass is 9.90. The normalized spacial score (nSPS) is 30.6. The van der Waals surface area contributed by atoms with E-state index >= 15 is 0 Å². The fraction of sp³-hybridized carbons (Fsp3) is 0.800. The van der Waals surface area contributed by atoms with Crippen molar-refractivity contribution in [3.05, 3.63) is 12.7 Å². The average molecular weight is 153 g/mol. The molecule has 1 rings (SSSR count). The Hall–Kier alpha value is -0.300. The summed E-state index contributed by atoms with van der Waals surface area (Å²) in [4.78, 5) is 0. The highest BCUT2D eigenvalue weighted by Crippen LogP contribution is 2.35. The third-order valence-electron chi connectivity index (χ3n) is 2.82. The van der Waals surface area contributed by atoms with Crippen LogP contribution in [0, 0.1) is 11.8 Å². The molecule has 1 nitrogen and oxygen atoms in total. The van der Waals surface area contributed by atoms with E-state index in [0.717, 1.165) is 18.4 Å². The van der Waals surface area contributed by atoms with Crippen molar-refractivity contribution in [2.24, 2.45) is 17.6 Å². The molecule has 0 bridgehead atoms. The molecule has 0 aromatic carbocycles. The number of allylic oxidation sites excluding steroid dienone is 1. The van der Waals surface area contributed by atoms with Gasteiger partial charge in [0.1, 0.15) is 0 Å². The minimum absolute atomic E-state index is 0.859. The molecule has 2 unspecified atom stereocenters. The van der Waals surface area contributed by atoms with Gasteiger partial charge in [-0.15, -0.1) is 6.58 Å². The molecule has 0 amide bonds. The molecule has 2 N–H and O–H groups in total. The minimum Gasteiger partial charge on any atom is -0.330 e. The molecule has 2 atom stereocenters. The second-order valence-corrected chi connectivity index (χ2v) is 3.55. The van der Waals surface area contributed by atoms with E-state index < -0.39 is 0 Å². The van der Waals surface area contributed by atoms with Gasteiger partial charge in [-0.1, -0.05) is 18.9 Å². The molecule has 0 aromatic heterocycles. The summed E-state index contributed by atoms with van der Waals surface area (Å²) < 4.78 is 0. The Bertz CT molecular complexity index is 120. The Morgan fingerprint density at radius 3 is 2.73 bits per heavy atom.